The molecular formula is C20H27NO4. The summed E-state index contributed by atoms with van der Waals surface area (Å²) < 4.78 is 5.53. The van der Waals surface area contributed by atoms with Crippen molar-refractivity contribution < 1.29 is 19.4 Å². The number of benzene rings is 1. The van der Waals surface area contributed by atoms with Gasteiger partial charge in [0.25, 0.3) is 0 Å². The van der Waals surface area contributed by atoms with Gasteiger partial charge in [0, 0.05) is 19.7 Å². The van der Waals surface area contributed by atoms with Crippen molar-refractivity contribution in [2.75, 3.05) is 26.3 Å². The van der Waals surface area contributed by atoms with Crippen LogP contribution in [0.4, 0.5) is 0 Å². The average molecular weight is 345 g/mol. The normalized spacial score (nSPS) is 24.9. The Morgan fingerprint density at radius 3 is 2.64 bits per heavy atom. The Kier molecular flexibility index (Phi) is 5.42. The maximum Gasteiger partial charge on any atom is 0.335 e. The van der Waals surface area contributed by atoms with Gasteiger partial charge in [0.1, 0.15) is 0 Å². The summed E-state index contributed by atoms with van der Waals surface area (Å²) in [4.78, 5) is 26.2. The molecule has 1 aromatic carbocycles. The first kappa shape index (κ1) is 17.9. The molecule has 3 rings (SSSR count). The zero-order chi connectivity index (χ0) is 17.9. The summed E-state index contributed by atoms with van der Waals surface area (Å²) in [5.41, 5.74) is 0.918. The van der Waals surface area contributed by atoms with Crippen molar-refractivity contribution in [3.8, 4) is 0 Å². The number of likely N-dealkylation sites (tertiary alicyclic amines) is 1. The van der Waals surface area contributed by atoms with Crippen molar-refractivity contribution in [1.29, 1.82) is 0 Å². The first-order valence-electron chi connectivity index (χ1n) is 9.18. The quantitative estimate of drug-likeness (QED) is 0.911. The van der Waals surface area contributed by atoms with E-state index in [1.165, 1.54) is 0 Å². The van der Waals surface area contributed by atoms with Crippen molar-refractivity contribution in [1.82, 2.24) is 4.90 Å². The van der Waals surface area contributed by atoms with Gasteiger partial charge in [-0.3, -0.25) is 4.79 Å². The number of carbonyl (C=O) groups excluding carboxylic acids is 1. The van der Waals surface area contributed by atoms with E-state index >= 15 is 0 Å². The molecule has 0 bridgehead atoms. The molecule has 25 heavy (non-hydrogen) atoms. The number of nitrogens with zero attached hydrogens (tertiary/aromatic N) is 1. The van der Waals surface area contributed by atoms with Gasteiger partial charge >= 0.3 is 5.97 Å². The van der Waals surface area contributed by atoms with Crippen molar-refractivity contribution in [3.05, 3.63) is 35.4 Å². The number of carbonyl (C=O) groups is 2. The van der Waals surface area contributed by atoms with E-state index in [9.17, 15) is 14.7 Å². The first-order chi connectivity index (χ1) is 12.0. The van der Waals surface area contributed by atoms with E-state index in [4.69, 9.17) is 4.74 Å². The average Bonchev–Trinajstić information content (AvgIpc) is 2.63. The molecule has 5 nitrogen and oxygen atoms in total. The second kappa shape index (κ2) is 7.56. The van der Waals surface area contributed by atoms with Crippen molar-refractivity contribution in [2.24, 2.45) is 11.3 Å². The molecule has 2 aliphatic heterocycles. The SMILES string of the molecule is CC1(C(=O)N2CCC(Cc3ccccc3C(=O)O)CC2)CCCOC1. The Hall–Kier alpha value is -1.88. The molecule has 1 amide bonds. The summed E-state index contributed by atoms with van der Waals surface area (Å²) in [5.74, 6) is -0.218. The van der Waals surface area contributed by atoms with Crippen LogP contribution in [0.15, 0.2) is 24.3 Å². The van der Waals surface area contributed by atoms with Gasteiger partial charge in [0.15, 0.2) is 0 Å². The van der Waals surface area contributed by atoms with Crippen LogP contribution in [0, 0.1) is 11.3 Å². The summed E-state index contributed by atoms with van der Waals surface area (Å²) in [6, 6.07) is 7.23. The molecule has 1 atom stereocenters. The van der Waals surface area contributed by atoms with E-state index in [2.05, 4.69) is 0 Å². The molecule has 0 aliphatic carbocycles. The fraction of sp³-hybridized carbons (Fsp3) is 0.600. The minimum absolute atomic E-state index is 0.219. The first-order valence-corrected chi connectivity index (χ1v) is 9.18. The molecule has 0 spiro atoms. The number of carboxylic acid groups (broad SMARTS) is 1. The third kappa shape index (κ3) is 4.03. The van der Waals surface area contributed by atoms with Crippen LogP contribution in [0.25, 0.3) is 0 Å². The third-order valence-corrected chi connectivity index (χ3v) is 5.61. The van der Waals surface area contributed by atoms with Crippen molar-refractivity contribution >= 4 is 11.9 Å². The van der Waals surface area contributed by atoms with E-state index < -0.39 is 5.97 Å². The second-order valence-corrected chi connectivity index (χ2v) is 7.62. The molecular weight excluding hydrogens is 318 g/mol. The molecule has 5 heteroatoms. The number of carboxylic acids is 1. The molecule has 2 saturated heterocycles. The molecule has 1 unspecified atom stereocenters. The van der Waals surface area contributed by atoms with Crippen LogP contribution in [0.2, 0.25) is 0 Å². The van der Waals surface area contributed by atoms with Gasteiger partial charge in [-0.1, -0.05) is 18.2 Å². The standard InChI is InChI=1S/C20H27NO4/c1-20(9-4-12-25-14-20)19(24)21-10-7-15(8-11-21)13-16-5-2-3-6-17(16)18(22)23/h2-3,5-6,15H,4,7-14H2,1H3,(H,22,23). The molecule has 0 radical (unpaired) electrons. The van der Waals surface area contributed by atoms with Gasteiger partial charge in [-0.15, -0.1) is 0 Å². The maximum absolute atomic E-state index is 12.9. The Labute approximate surface area is 149 Å². The van der Waals surface area contributed by atoms with Crippen LogP contribution < -0.4 is 0 Å². The molecule has 0 aromatic heterocycles. The Bertz CT molecular complexity index is 628. The summed E-state index contributed by atoms with van der Waals surface area (Å²) in [6.07, 6.45) is 4.47. The second-order valence-electron chi connectivity index (χ2n) is 7.62. The number of hydrogen-bond acceptors (Lipinski definition) is 3. The smallest absolute Gasteiger partial charge is 0.335 e. The van der Waals surface area contributed by atoms with E-state index in [0.717, 1.165) is 57.4 Å². The summed E-state index contributed by atoms with van der Waals surface area (Å²) in [6.45, 7) is 4.82. The summed E-state index contributed by atoms with van der Waals surface area (Å²) in [7, 11) is 0. The van der Waals surface area contributed by atoms with Crippen LogP contribution >= 0.6 is 0 Å². The predicted octanol–water partition coefficient (Wildman–Crippen LogP) is 2.98. The lowest BCUT2D eigenvalue weighted by atomic mass is 9.82. The third-order valence-electron chi connectivity index (χ3n) is 5.61. The number of rotatable bonds is 4. The summed E-state index contributed by atoms with van der Waals surface area (Å²) >= 11 is 0. The van der Waals surface area contributed by atoms with Crippen molar-refractivity contribution in [2.45, 2.75) is 39.0 Å². The number of aromatic carboxylic acids is 1. The van der Waals surface area contributed by atoms with E-state index in [1.54, 1.807) is 12.1 Å². The van der Waals surface area contributed by atoms with Gasteiger partial charge in [0.05, 0.1) is 17.6 Å². The highest BCUT2D eigenvalue weighted by Gasteiger charge is 2.39. The monoisotopic (exact) mass is 345 g/mol. The van der Waals surface area contributed by atoms with Crippen LogP contribution in [0.3, 0.4) is 0 Å². The minimum atomic E-state index is -0.867. The van der Waals surface area contributed by atoms with Gasteiger partial charge in [0.2, 0.25) is 5.91 Å². The molecule has 136 valence electrons. The van der Waals surface area contributed by atoms with Crippen LogP contribution in [-0.4, -0.2) is 48.2 Å². The minimum Gasteiger partial charge on any atom is -0.478 e. The Morgan fingerprint density at radius 1 is 1.28 bits per heavy atom. The van der Waals surface area contributed by atoms with Gasteiger partial charge in [-0.25, -0.2) is 4.79 Å². The number of hydrogen-bond donors (Lipinski definition) is 1. The molecule has 2 fully saturated rings. The molecule has 2 heterocycles. The Morgan fingerprint density at radius 2 is 2.00 bits per heavy atom. The fourth-order valence-electron chi connectivity index (χ4n) is 4.04. The highest BCUT2D eigenvalue weighted by molar-refractivity contribution is 5.89. The number of ether oxygens (including phenoxy) is 1. The fourth-order valence-corrected chi connectivity index (χ4v) is 4.04. The van der Waals surface area contributed by atoms with E-state index in [-0.39, 0.29) is 11.3 Å². The zero-order valence-corrected chi connectivity index (χ0v) is 14.9. The van der Waals surface area contributed by atoms with Crippen molar-refractivity contribution in [3.63, 3.8) is 0 Å². The van der Waals surface area contributed by atoms with Crippen LogP contribution in [0.1, 0.15) is 48.5 Å². The van der Waals surface area contributed by atoms with E-state index in [0.29, 0.717) is 18.1 Å². The van der Waals surface area contributed by atoms with Gasteiger partial charge < -0.3 is 14.7 Å². The number of amides is 1. The zero-order valence-electron chi connectivity index (χ0n) is 14.9. The Balaban J connectivity index is 1.57. The topological polar surface area (TPSA) is 66.8 Å². The maximum atomic E-state index is 12.9. The lowest BCUT2D eigenvalue weighted by Crippen LogP contribution is -2.49. The van der Waals surface area contributed by atoms with E-state index in [1.807, 2.05) is 24.0 Å². The molecule has 2 aliphatic rings. The predicted molar refractivity (Wildman–Crippen MR) is 94.6 cm³/mol. The van der Waals surface area contributed by atoms with Crippen LogP contribution in [-0.2, 0) is 16.0 Å². The molecule has 1 N–H and O–H groups in total. The summed E-state index contributed by atoms with van der Waals surface area (Å²) in [5, 5.41) is 9.32. The molecule has 1 aromatic rings. The number of piperidine rings is 1. The lowest BCUT2D eigenvalue weighted by molar-refractivity contribution is -0.150. The highest BCUT2D eigenvalue weighted by Crippen LogP contribution is 2.32. The van der Waals surface area contributed by atoms with Gasteiger partial charge in [-0.05, 0) is 56.6 Å². The molecule has 0 saturated carbocycles. The largest absolute Gasteiger partial charge is 0.478 e. The van der Waals surface area contributed by atoms with Crippen LogP contribution in [0.5, 0.6) is 0 Å². The highest BCUT2D eigenvalue weighted by atomic mass is 16.5. The lowest BCUT2D eigenvalue weighted by Gasteiger charge is -2.40. The van der Waals surface area contributed by atoms with Gasteiger partial charge in [-0.2, -0.15) is 0 Å².